The second-order valence-electron chi connectivity index (χ2n) is 5.68. The van der Waals surface area contributed by atoms with Crippen LogP contribution in [0.25, 0.3) is 5.69 Å². The lowest BCUT2D eigenvalue weighted by atomic mass is 9.98. The third-order valence-corrected chi connectivity index (χ3v) is 4.51. The highest BCUT2D eigenvalue weighted by Crippen LogP contribution is 2.25. The van der Waals surface area contributed by atoms with E-state index in [0.29, 0.717) is 0 Å². The van der Waals surface area contributed by atoms with Crippen molar-refractivity contribution in [2.45, 2.75) is 81.1 Å². The number of fused-ring (bicyclic) bond motifs is 1. The first kappa shape index (κ1) is 19.4. The van der Waals surface area contributed by atoms with Crippen molar-refractivity contribution < 1.29 is 0 Å². The lowest BCUT2D eigenvalue weighted by molar-refractivity contribution is 0.667. The van der Waals surface area contributed by atoms with Gasteiger partial charge in [0.15, 0.2) is 0 Å². The Labute approximate surface area is 142 Å². The van der Waals surface area contributed by atoms with Crippen LogP contribution in [0, 0.1) is 27.7 Å². The normalized spacial score (nSPS) is 12.5. The van der Waals surface area contributed by atoms with E-state index >= 15 is 0 Å². The van der Waals surface area contributed by atoms with Gasteiger partial charge in [-0.1, -0.05) is 27.7 Å². The first-order valence-corrected chi connectivity index (χ1v) is 9.11. The average molecular weight is 316 g/mol. The standard InChI is InChI=1S/C16H21N3.2C2H6/c1-10-9-16(13(4)12(3)11(10)2)19-17-14-7-5-6-8-15(14)18-19;2*1-2/h9H,5-8H2,1-4H3;2*1-2H3. The molecule has 1 heterocycles. The predicted octanol–water partition coefficient (Wildman–Crippen LogP) is 5.43. The summed E-state index contributed by atoms with van der Waals surface area (Å²) in [6, 6.07) is 2.21. The topological polar surface area (TPSA) is 30.7 Å². The number of aryl methyl sites for hydroxylation is 3. The monoisotopic (exact) mass is 315 g/mol. The molecule has 0 radical (unpaired) electrons. The van der Waals surface area contributed by atoms with Crippen molar-refractivity contribution in [3.05, 3.63) is 39.7 Å². The van der Waals surface area contributed by atoms with Gasteiger partial charge in [0.2, 0.25) is 0 Å². The molecule has 0 saturated heterocycles. The number of hydrogen-bond acceptors (Lipinski definition) is 2. The van der Waals surface area contributed by atoms with Crippen molar-refractivity contribution in [3.8, 4) is 5.69 Å². The molecule has 1 aromatic heterocycles. The van der Waals surface area contributed by atoms with Crippen molar-refractivity contribution in [2.75, 3.05) is 0 Å². The molecule has 0 bridgehead atoms. The van der Waals surface area contributed by atoms with Crippen LogP contribution in [0.15, 0.2) is 6.07 Å². The highest BCUT2D eigenvalue weighted by molar-refractivity contribution is 5.51. The van der Waals surface area contributed by atoms with Gasteiger partial charge in [-0.25, -0.2) is 0 Å². The Morgan fingerprint density at radius 3 is 1.70 bits per heavy atom. The number of nitrogens with zero attached hydrogens (tertiary/aromatic N) is 3. The molecule has 0 saturated carbocycles. The molecular formula is C20H33N3. The van der Waals surface area contributed by atoms with Crippen LogP contribution in [-0.4, -0.2) is 15.0 Å². The Morgan fingerprint density at radius 1 is 0.739 bits per heavy atom. The van der Waals surface area contributed by atoms with Gasteiger partial charge < -0.3 is 0 Å². The molecule has 2 aromatic rings. The third-order valence-electron chi connectivity index (χ3n) is 4.51. The zero-order valence-corrected chi connectivity index (χ0v) is 16.2. The Balaban J connectivity index is 0.000000615. The van der Waals surface area contributed by atoms with E-state index in [0.717, 1.165) is 18.5 Å². The molecule has 3 heteroatoms. The van der Waals surface area contributed by atoms with E-state index in [1.807, 2.05) is 32.5 Å². The Kier molecular flexibility index (Phi) is 7.47. The van der Waals surface area contributed by atoms with E-state index in [1.54, 1.807) is 0 Å². The van der Waals surface area contributed by atoms with E-state index in [-0.39, 0.29) is 0 Å². The molecule has 0 amide bonds. The summed E-state index contributed by atoms with van der Waals surface area (Å²) in [5.41, 5.74) is 8.85. The van der Waals surface area contributed by atoms with Crippen LogP contribution >= 0.6 is 0 Å². The Bertz CT molecular complexity index is 615. The molecule has 1 aromatic carbocycles. The summed E-state index contributed by atoms with van der Waals surface area (Å²) in [4.78, 5) is 1.85. The Morgan fingerprint density at radius 2 is 1.22 bits per heavy atom. The quantitative estimate of drug-likeness (QED) is 0.702. The summed E-state index contributed by atoms with van der Waals surface area (Å²) in [5.74, 6) is 0. The van der Waals surface area contributed by atoms with Gasteiger partial charge in [-0.2, -0.15) is 15.0 Å². The fraction of sp³-hybridized carbons (Fsp3) is 0.600. The van der Waals surface area contributed by atoms with Crippen molar-refractivity contribution >= 4 is 0 Å². The largest absolute Gasteiger partial charge is 0.153 e. The number of hydrogen-bond donors (Lipinski definition) is 0. The molecule has 3 rings (SSSR count). The molecule has 128 valence electrons. The molecule has 0 N–H and O–H groups in total. The Hall–Kier alpha value is -1.64. The molecule has 0 atom stereocenters. The SMILES string of the molecule is CC.CC.Cc1cc(-n2nc3c(n2)CCCC3)c(C)c(C)c1C. The van der Waals surface area contributed by atoms with E-state index in [9.17, 15) is 0 Å². The predicted molar refractivity (Wildman–Crippen MR) is 99.6 cm³/mol. The average Bonchev–Trinajstić information content (AvgIpc) is 3.03. The van der Waals surface area contributed by atoms with Gasteiger partial charge in [0.05, 0.1) is 17.1 Å². The summed E-state index contributed by atoms with van der Waals surface area (Å²) in [5, 5.41) is 9.40. The molecule has 23 heavy (non-hydrogen) atoms. The van der Waals surface area contributed by atoms with Gasteiger partial charge in [0.25, 0.3) is 0 Å². The van der Waals surface area contributed by atoms with Crippen LogP contribution in [0.3, 0.4) is 0 Å². The smallest absolute Gasteiger partial charge is 0.0891 e. The van der Waals surface area contributed by atoms with E-state index in [4.69, 9.17) is 10.2 Å². The second kappa shape index (κ2) is 8.85. The number of rotatable bonds is 1. The molecule has 0 fully saturated rings. The minimum Gasteiger partial charge on any atom is -0.153 e. The molecule has 0 aliphatic heterocycles. The molecular weight excluding hydrogens is 282 g/mol. The molecule has 0 spiro atoms. The van der Waals surface area contributed by atoms with Crippen molar-refractivity contribution in [1.29, 1.82) is 0 Å². The van der Waals surface area contributed by atoms with Crippen LogP contribution in [-0.2, 0) is 12.8 Å². The number of benzene rings is 1. The minimum absolute atomic E-state index is 1.08. The molecule has 1 aliphatic rings. The van der Waals surface area contributed by atoms with E-state index in [2.05, 4.69) is 33.8 Å². The second-order valence-corrected chi connectivity index (χ2v) is 5.68. The van der Waals surface area contributed by atoms with Crippen molar-refractivity contribution in [3.63, 3.8) is 0 Å². The van der Waals surface area contributed by atoms with E-state index in [1.165, 1.54) is 46.5 Å². The number of aromatic nitrogens is 3. The fourth-order valence-corrected chi connectivity index (χ4v) is 2.85. The summed E-state index contributed by atoms with van der Waals surface area (Å²) >= 11 is 0. The van der Waals surface area contributed by atoms with Crippen molar-refractivity contribution in [1.82, 2.24) is 15.0 Å². The summed E-state index contributed by atoms with van der Waals surface area (Å²) < 4.78 is 0. The van der Waals surface area contributed by atoms with Gasteiger partial charge in [0.1, 0.15) is 0 Å². The molecule has 3 nitrogen and oxygen atoms in total. The van der Waals surface area contributed by atoms with Crippen LogP contribution in [0.4, 0.5) is 0 Å². The van der Waals surface area contributed by atoms with Crippen LogP contribution in [0.2, 0.25) is 0 Å². The third kappa shape index (κ3) is 4.01. The van der Waals surface area contributed by atoms with Crippen LogP contribution in [0.1, 0.15) is 74.2 Å². The highest BCUT2D eigenvalue weighted by Gasteiger charge is 2.17. The van der Waals surface area contributed by atoms with Gasteiger partial charge >= 0.3 is 0 Å². The summed E-state index contributed by atoms with van der Waals surface area (Å²) in [7, 11) is 0. The lowest BCUT2D eigenvalue weighted by Crippen LogP contribution is -2.05. The van der Waals surface area contributed by atoms with Gasteiger partial charge in [-0.3, -0.25) is 0 Å². The lowest BCUT2D eigenvalue weighted by Gasteiger charge is -2.13. The highest BCUT2D eigenvalue weighted by atomic mass is 15.5. The maximum absolute atomic E-state index is 4.70. The maximum Gasteiger partial charge on any atom is 0.0891 e. The molecule has 1 aliphatic carbocycles. The maximum atomic E-state index is 4.70. The van der Waals surface area contributed by atoms with Gasteiger partial charge in [0, 0.05) is 0 Å². The zero-order valence-electron chi connectivity index (χ0n) is 16.2. The van der Waals surface area contributed by atoms with Gasteiger partial charge in [-0.05, 0) is 81.7 Å². The first-order chi connectivity index (χ1) is 11.1. The first-order valence-electron chi connectivity index (χ1n) is 9.11. The van der Waals surface area contributed by atoms with Crippen LogP contribution in [0.5, 0.6) is 0 Å². The van der Waals surface area contributed by atoms with Crippen LogP contribution < -0.4 is 0 Å². The fourth-order valence-electron chi connectivity index (χ4n) is 2.85. The minimum atomic E-state index is 1.08. The molecule has 0 unspecified atom stereocenters. The zero-order chi connectivity index (χ0) is 17.6. The van der Waals surface area contributed by atoms with Gasteiger partial charge in [-0.15, -0.1) is 0 Å². The summed E-state index contributed by atoms with van der Waals surface area (Å²) in [6.07, 6.45) is 4.66. The van der Waals surface area contributed by atoms with E-state index < -0.39 is 0 Å². The summed E-state index contributed by atoms with van der Waals surface area (Å²) in [6.45, 7) is 16.7. The van der Waals surface area contributed by atoms with Crippen molar-refractivity contribution in [2.24, 2.45) is 0 Å².